The van der Waals surface area contributed by atoms with Crippen LogP contribution in [0, 0.1) is 19.8 Å². The first-order valence-electron chi connectivity index (χ1n) is 10.5. The fourth-order valence-electron chi connectivity index (χ4n) is 4.04. The fraction of sp³-hybridized carbons (Fsp3) is 0.320. The van der Waals surface area contributed by atoms with Gasteiger partial charge in [-0.25, -0.2) is 4.79 Å². The first-order chi connectivity index (χ1) is 14.8. The first kappa shape index (κ1) is 21.2. The minimum absolute atomic E-state index is 0.0419. The van der Waals surface area contributed by atoms with Gasteiger partial charge in [0.25, 0.3) is 0 Å². The van der Waals surface area contributed by atoms with Crippen LogP contribution < -0.4 is 10.9 Å². The van der Waals surface area contributed by atoms with E-state index in [1.165, 1.54) is 6.92 Å². The average molecular weight is 421 g/mol. The van der Waals surface area contributed by atoms with Crippen molar-refractivity contribution in [1.29, 1.82) is 0 Å². The van der Waals surface area contributed by atoms with Crippen molar-refractivity contribution in [2.24, 2.45) is 5.92 Å². The van der Waals surface area contributed by atoms with E-state index in [1.54, 1.807) is 13.0 Å². The van der Waals surface area contributed by atoms with Gasteiger partial charge in [-0.3, -0.25) is 5.32 Å². The molecule has 0 aliphatic heterocycles. The van der Waals surface area contributed by atoms with Gasteiger partial charge in [0.1, 0.15) is 17.1 Å². The summed E-state index contributed by atoms with van der Waals surface area (Å²) in [6, 6.07) is 7.68. The van der Waals surface area contributed by atoms with Crippen LogP contribution in [0.4, 0.5) is 0 Å². The summed E-state index contributed by atoms with van der Waals surface area (Å²) in [6.45, 7) is 5.88. The lowest BCUT2D eigenvalue weighted by atomic mass is 9.89. The molecule has 6 heteroatoms. The van der Waals surface area contributed by atoms with E-state index in [1.807, 2.05) is 42.5 Å². The second-order valence-electron chi connectivity index (χ2n) is 8.06. The molecule has 1 aromatic carbocycles. The third-order valence-electron chi connectivity index (χ3n) is 5.99. The molecule has 0 spiro atoms. The number of hydrogen-bond donors (Lipinski definition) is 3. The maximum absolute atomic E-state index is 12.0. The third-order valence-corrected chi connectivity index (χ3v) is 5.99. The van der Waals surface area contributed by atoms with Crippen LogP contribution in [0.25, 0.3) is 22.5 Å². The lowest BCUT2D eigenvalue weighted by molar-refractivity contribution is 0.0116. The van der Waals surface area contributed by atoms with Crippen molar-refractivity contribution in [3.05, 3.63) is 75.7 Å². The second kappa shape index (κ2) is 8.21. The molecule has 1 aliphatic carbocycles. The molecule has 0 saturated carbocycles. The van der Waals surface area contributed by atoms with Crippen LogP contribution in [0.2, 0.25) is 0 Å². The highest BCUT2D eigenvalue weighted by Gasteiger charge is 2.31. The van der Waals surface area contributed by atoms with Crippen molar-refractivity contribution >= 4 is 11.0 Å². The number of rotatable bonds is 6. The summed E-state index contributed by atoms with van der Waals surface area (Å²) < 4.78 is 11.2. The molecule has 2 unspecified atom stereocenters. The fourth-order valence-corrected chi connectivity index (χ4v) is 4.04. The Balaban J connectivity index is 1.53. The molecule has 2 heterocycles. The van der Waals surface area contributed by atoms with Crippen LogP contribution in [-0.2, 0) is 6.42 Å². The van der Waals surface area contributed by atoms with Gasteiger partial charge in [0.15, 0.2) is 11.5 Å². The smallest absolute Gasteiger partial charge is 0.343 e. The highest BCUT2D eigenvalue weighted by molar-refractivity contribution is 5.83. The Morgan fingerprint density at radius 3 is 2.71 bits per heavy atom. The lowest BCUT2D eigenvalue weighted by Crippen LogP contribution is -2.50. The van der Waals surface area contributed by atoms with Gasteiger partial charge in [-0.05, 0) is 56.5 Å². The van der Waals surface area contributed by atoms with Crippen molar-refractivity contribution in [1.82, 2.24) is 5.32 Å². The predicted octanol–water partition coefficient (Wildman–Crippen LogP) is 4.35. The highest BCUT2D eigenvalue weighted by Crippen LogP contribution is 2.34. The van der Waals surface area contributed by atoms with Gasteiger partial charge in [0.05, 0.1) is 5.56 Å². The van der Waals surface area contributed by atoms with Crippen molar-refractivity contribution < 1.29 is 19.0 Å². The van der Waals surface area contributed by atoms with E-state index in [2.05, 4.69) is 12.2 Å². The van der Waals surface area contributed by atoms with E-state index in [4.69, 9.17) is 8.83 Å². The van der Waals surface area contributed by atoms with Gasteiger partial charge >= 0.3 is 5.63 Å². The monoisotopic (exact) mass is 421 g/mol. The maximum atomic E-state index is 12.0. The Morgan fingerprint density at radius 2 is 1.94 bits per heavy atom. The molecule has 0 amide bonds. The Hall–Kier alpha value is -3.09. The number of fused-ring (bicyclic) bond motifs is 1. The molecule has 0 saturated heterocycles. The molecule has 31 heavy (non-hydrogen) atoms. The molecule has 6 nitrogen and oxygen atoms in total. The summed E-state index contributed by atoms with van der Waals surface area (Å²) in [5.74, 6) is 0.598. The molecule has 3 N–H and O–H groups in total. The highest BCUT2D eigenvalue weighted by atomic mass is 16.4. The van der Waals surface area contributed by atoms with E-state index in [0.29, 0.717) is 23.5 Å². The quantitative estimate of drug-likeness (QED) is 0.512. The normalized spacial score (nSPS) is 20.6. The molecule has 0 fully saturated rings. The van der Waals surface area contributed by atoms with Crippen LogP contribution in [0.3, 0.4) is 0 Å². The molecule has 4 rings (SSSR count). The zero-order chi connectivity index (χ0) is 22.2. The number of hydrogen-bond acceptors (Lipinski definition) is 6. The zero-order valence-electron chi connectivity index (χ0n) is 17.9. The van der Waals surface area contributed by atoms with Gasteiger partial charge in [-0.1, -0.05) is 31.2 Å². The van der Waals surface area contributed by atoms with E-state index in [-0.39, 0.29) is 23.0 Å². The molecule has 1 aliphatic rings. The van der Waals surface area contributed by atoms with Crippen LogP contribution in [0.1, 0.15) is 30.0 Å². The molecular formula is C25H27NO5. The standard InChI is InChI=1S/C25H27NO5/c1-4-19-7-5-6-11-25(19,29)26-12-10-17-8-9-20-18(13-17)14-21(30-20)23-15(2)22(27)16(3)24(28)31-23/h5-9,11,13-14,19,26-27,29H,4,10,12H2,1-3H3. The SMILES string of the molecule is CCC1C=CC=CC1(O)NCCc1ccc2oc(-c3oc(=O)c(C)c(O)c3C)cc2c1. The molecule has 0 radical (unpaired) electrons. The number of furan rings is 1. The van der Waals surface area contributed by atoms with Gasteiger partial charge < -0.3 is 19.0 Å². The third kappa shape index (κ3) is 3.96. The van der Waals surface area contributed by atoms with Crippen molar-refractivity contribution in [3.63, 3.8) is 0 Å². The Kier molecular flexibility index (Phi) is 5.60. The van der Waals surface area contributed by atoms with Gasteiger partial charge in [-0.2, -0.15) is 0 Å². The molecule has 162 valence electrons. The van der Waals surface area contributed by atoms with E-state index in [9.17, 15) is 15.0 Å². The van der Waals surface area contributed by atoms with Gasteiger partial charge in [0, 0.05) is 23.4 Å². The average Bonchev–Trinajstić information content (AvgIpc) is 3.18. The maximum Gasteiger partial charge on any atom is 0.343 e. The predicted molar refractivity (Wildman–Crippen MR) is 120 cm³/mol. The van der Waals surface area contributed by atoms with Crippen molar-refractivity contribution in [2.75, 3.05) is 6.54 Å². The Labute approximate surface area is 180 Å². The Morgan fingerprint density at radius 1 is 1.13 bits per heavy atom. The summed E-state index contributed by atoms with van der Waals surface area (Å²) in [5.41, 5.74) is 0.790. The summed E-state index contributed by atoms with van der Waals surface area (Å²) >= 11 is 0. The van der Waals surface area contributed by atoms with Crippen LogP contribution in [-0.4, -0.2) is 22.5 Å². The minimum Gasteiger partial charge on any atom is -0.507 e. The number of aliphatic hydroxyl groups is 1. The van der Waals surface area contributed by atoms with Crippen LogP contribution >= 0.6 is 0 Å². The summed E-state index contributed by atoms with van der Waals surface area (Å²) in [4.78, 5) is 12.0. The minimum atomic E-state index is -1.03. The largest absolute Gasteiger partial charge is 0.507 e. The molecule has 3 aromatic rings. The molecular weight excluding hydrogens is 394 g/mol. The second-order valence-corrected chi connectivity index (χ2v) is 8.06. The van der Waals surface area contributed by atoms with Crippen LogP contribution in [0.15, 0.2) is 62.2 Å². The summed E-state index contributed by atoms with van der Waals surface area (Å²) in [7, 11) is 0. The van der Waals surface area contributed by atoms with E-state index >= 15 is 0 Å². The van der Waals surface area contributed by atoms with Crippen molar-refractivity contribution in [2.45, 2.75) is 39.3 Å². The number of allylic oxidation sites excluding steroid dienone is 2. The van der Waals surface area contributed by atoms with Crippen molar-refractivity contribution in [3.8, 4) is 17.3 Å². The van der Waals surface area contributed by atoms with E-state index < -0.39 is 11.4 Å². The van der Waals surface area contributed by atoms with E-state index in [0.717, 1.165) is 23.8 Å². The summed E-state index contributed by atoms with van der Waals surface area (Å²) in [6.07, 6.45) is 9.23. The lowest BCUT2D eigenvalue weighted by Gasteiger charge is -2.34. The first-order valence-corrected chi connectivity index (χ1v) is 10.5. The zero-order valence-corrected chi connectivity index (χ0v) is 17.9. The number of nitrogens with one attached hydrogen (secondary N) is 1. The number of aromatic hydroxyl groups is 1. The van der Waals surface area contributed by atoms with Crippen LogP contribution in [0.5, 0.6) is 5.75 Å². The summed E-state index contributed by atoms with van der Waals surface area (Å²) in [5, 5.41) is 25.2. The molecule has 2 atom stereocenters. The molecule has 2 aromatic heterocycles. The number of benzene rings is 1. The van der Waals surface area contributed by atoms with Gasteiger partial charge in [0.2, 0.25) is 0 Å². The van der Waals surface area contributed by atoms with Gasteiger partial charge in [-0.15, -0.1) is 0 Å². The Bertz CT molecular complexity index is 1230. The topological polar surface area (TPSA) is 95.8 Å². The molecule has 0 bridgehead atoms.